The zero-order chi connectivity index (χ0) is 20.2. The van der Waals surface area contributed by atoms with Crippen LogP contribution in [0.1, 0.15) is 5.89 Å². The molecule has 0 aliphatic rings. The highest BCUT2D eigenvalue weighted by Crippen LogP contribution is 2.31. The SMILES string of the molecule is COc1ccc(-c2noc(Cn3nc(-c4ccccc4)ccc3=O)n2)cc1OC. The first kappa shape index (κ1) is 18.4. The highest BCUT2D eigenvalue weighted by atomic mass is 16.5. The summed E-state index contributed by atoms with van der Waals surface area (Å²) in [6.07, 6.45) is 0. The van der Waals surface area contributed by atoms with E-state index >= 15 is 0 Å². The van der Waals surface area contributed by atoms with Crippen molar-refractivity contribution in [1.29, 1.82) is 0 Å². The van der Waals surface area contributed by atoms with Crippen molar-refractivity contribution in [2.75, 3.05) is 14.2 Å². The highest BCUT2D eigenvalue weighted by molar-refractivity contribution is 5.60. The number of methoxy groups -OCH3 is 2. The summed E-state index contributed by atoms with van der Waals surface area (Å²) in [4.78, 5) is 16.6. The van der Waals surface area contributed by atoms with Gasteiger partial charge in [0.25, 0.3) is 5.56 Å². The number of hydrogen-bond acceptors (Lipinski definition) is 7. The molecule has 8 nitrogen and oxygen atoms in total. The van der Waals surface area contributed by atoms with Gasteiger partial charge in [0, 0.05) is 17.2 Å². The molecule has 0 radical (unpaired) electrons. The summed E-state index contributed by atoms with van der Waals surface area (Å²) < 4.78 is 17.2. The van der Waals surface area contributed by atoms with Crippen LogP contribution in [-0.2, 0) is 6.54 Å². The van der Waals surface area contributed by atoms with Crippen LogP contribution in [0.15, 0.2) is 70.0 Å². The molecule has 2 aromatic heterocycles. The monoisotopic (exact) mass is 390 g/mol. The van der Waals surface area contributed by atoms with Gasteiger partial charge in [-0.3, -0.25) is 4.79 Å². The summed E-state index contributed by atoms with van der Waals surface area (Å²) in [5, 5.41) is 8.41. The van der Waals surface area contributed by atoms with Crippen LogP contribution in [0, 0.1) is 0 Å². The molecule has 0 unspecified atom stereocenters. The lowest BCUT2D eigenvalue weighted by Gasteiger charge is -2.07. The summed E-state index contributed by atoms with van der Waals surface area (Å²) in [7, 11) is 3.12. The Kier molecular flexibility index (Phi) is 5.07. The summed E-state index contributed by atoms with van der Waals surface area (Å²) in [5.41, 5.74) is 2.05. The average molecular weight is 390 g/mol. The van der Waals surface area contributed by atoms with Gasteiger partial charge in [-0.15, -0.1) is 0 Å². The Morgan fingerprint density at radius 2 is 1.72 bits per heavy atom. The Morgan fingerprint density at radius 1 is 0.931 bits per heavy atom. The van der Waals surface area contributed by atoms with E-state index in [1.54, 1.807) is 38.5 Å². The van der Waals surface area contributed by atoms with Gasteiger partial charge in [0.1, 0.15) is 6.54 Å². The maximum atomic E-state index is 12.2. The largest absolute Gasteiger partial charge is 0.493 e. The lowest BCUT2D eigenvalue weighted by molar-refractivity contribution is 0.355. The Morgan fingerprint density at radius 3 is 2.48 bits per heavy atom. The van der Waals surface area contributed by atoms with Gasteiger partial charge < -0.3 is 14.0 Å². The van der Waals surface area contributed by atoms with Gasteiger partial charge in [-0.05, 0) is 24.3 Å². The van der Waals surface area contributed by atoms with Crippen molar-refractivity contribution in [1.82, 2.24) is 19.9 Å². The highest BCUT2D eigenvalue weighted by Gasteiger charge is 2.14. The molecular weight excluding hydrogens is 372 g/mol. The molecule has 0 fully saturated rings. The molecule has 0 N–H and O–H groups in total. The standard InChI is InChI=1S/C21H18N4O4/c1-27-17-10-8-15(12-18(17)28-2)21-22-19(29-24-21)13-25-20(26)11-9-16(23-25)14-6-4-3-5-7-14/h3-12H,13H2,1-2H3. The second kappa shape index (κ2) is 7.97. The molecular formula is C21H18N4O4. The first-order chi connectivity index (χ1) is 14.2. The molecule has 0 saturated heterocycles. The average Bonchev–Trinajstić information content (AvgIpc) is 3.24. The first-order valence-corrected chi connectivity index (χ1v) is 8.86. The summed E-state index contributed by atoms with van der Waals surface area (Å²) in [6.45, 7) is 0.0692. The van der Waals surface area contributed by atoms with Crippen LogP contribution in [0.3, 0.4) is 0 Å². The maximum absolute atomic E-state index is 12.2. The number of nitrogens with zero attached hydrogens (tertiary/aromatic N) is 4. The predicted molar refractivity (Wildman–Crippen MR) is 106 cm³/mol. The third kappa shape index (κ3) is 3.86. The Hall–Kier alpha value is -3.94. The number of rotatable bonds is 6. The van der Waals surface area contributed by atoms with E-state index < -0.39 is 0 Å². The Bertz CT molecular complexity index is 1180. The molecule has 0 amide bonds. The minimum Gasteiger partial charge on any atom is -0.493 e. The van der Waals surface area contributed by atoms with Crippen LogP contribution in [0.2, 0.25) is 0 Å². The van der Waals surface area contributed by atoms with E-state index in [9.17, 15) is 4.79 Å². The molecule has 146 valence electrons. The van der Waals surface area contributed by atoms with Crippen molar-refractivity contribution in [3.8, 4) is 34.1 Å². The van der Waals surface area contributed by atoms with Gasteiger partial charge in [0.05, 0.1) is 19.9 Å². The van der Waals surface area contributed by atoms with Gasteiger partial charge >= 0.3 is 0 Å². The maximum Gasteiger partial charge on any atom is 0.267 e. The summed E-state index contributed by atoms with van der Waals surface area (Å²) in [6, 6.07) is 18.1. The third-order valence-electron chi connectivity index (χ3n) is 4.33. The van der Waals surface area contributed by atoms with Crippen molar-refractivity contribution < 1.29 is 14.0 Å². The molecule has 8 heteroatoms. The fourth-order valence-corrected chi connectivity index (χ4v) is 2.86. The normalized spacial score (nSPS) is 10.7. The predicted octanol–water partition coefficient (Wildman–Crippen LogP) is 3.03. The van der Waals surface area contributed by atoms with E-state index in [1.165, 1.54) is 10.7 Å². The van der Waals surface area contributed by atoms with Gasteiger partial charge in [-0.1, -0.05) is 35.5 Å². The molecule has 4 rings (SSSR count). The van der Waals surface area contributed by atoms with E-state index in [1.807, 2.05) is 30.3 Å². The molecule has 0 spiro atoms. The van der Waals surface area contributed by atoms with Crippen LogP contribution in [0.5, 0.6) is 11.5 Å². The van der Waals surface area contributed by atoms with Crippen LogP contribution < -0.4 is 15.0 Å². The molecule has 2 heterocycles. The second-order valence-corrected chi connectivity index (χ2v) is 6.16. The van der Waals surface area contributed by atoms with E-state index in [0.717, 1.165) is 5.56 Å². The third-order valence-corrected chi connectivity index (χ3v) is 4.33. The van der Waals surface area contributed by atoms with Gasteiger partial charge in [-0.2, -0.15) is 10.1 Å². The minimum atomic E-state index is -0.254. The zero-order valence-electron chi connectivity index (χ0n) is 15.9. The fourth-order valence-electron chi connectivity index (χ4n) is 2.86. The fraction of sp³-hybridized carbons (Fsp3) is 0.143. The van der Waals surface area contributed by atoms with Crippen molar-refractivity contribution >= 4 is 0 Å². The quantitative estimate of drug-likeness (QED) is 0.500. The number of aromatic nitrogens is 4. The molecule has 2 aromatic carbocycles. The molecule has 29 heavy (non-hydrogen) atoms. The van der Waals surface area contributed by atoms with Crippen LogP contribution in [-0.4, -0.2) is 34.1 Å². The Balaban J connectivity index is 1.61. The Labute approximate surface area is 166 Å². The van der Waals surface area contributed by atoms with E-state index in [0.29, 0.717) is 28.6 Å². The van der Waals surface area contributed by atoms with Gasteiger partial charge in [0.2, 0.25) is 11.7 Å². The van der Waals surface area contributed by atoms with E-state index in [2.05, 4.69) is 15.2 Å². The molecule has 4 aromatic rings. The minimum absolute atomic E-state index is 0.0692. The molecule has 0 aliphatic carbocycles. The summed E-state index contributed by atoms with van der Waals surface area (Å²) in [5.74, 6) is 1.82. The van der Waals surface area contributed by atoms with Crippen LogP contribution in [0.25, 0.3) is 22.6 Å². The lowest BCUT2D eigenvalue weighted by Crippen LogP contribution is -2.23. The van der Waals surface area contributed by atoms with Crippen molar-refractivity contribution in [3.05, 3.63) is 76.9 Å². The molecule has 0 saturated carbocycles. The van der Waals surface area contributed by atoms with Crippen LogP contribution >= 0.6 is 0 Å². The van der Waals surface area contributed by atoms with Crippen molar-refractivity contribution in [2.45, 2.75) is 6.54 Å². The zero-order valence-corrected chi connectivity index (χ0v) is 15.9. The second-order valence-electron chi connectivity index (χ2n) is 6.16. The first-order valence-electron chi connectivity index (χ1n) is 8.86. The summed E-state index contributed by atoms with van der Waals surface area (Å²) >= 11 is 0. The smallest absolute Gasteiger partial charge is 0.267 e. The lowest BCUT2D eigenvalue weighted by atomic mass is 10.1. The van der Waals surface area contributed by atoms with Gasteiger partial charge in [0.15, 0.2) is 11.5 Å². The van der Waals surface area contributed by atoms with E-state index in [-0.39, 0.29) is 18.0 Å². The van der Waals surface area contributed by atoms with Crippen molar-refractivity contribution in [3.63, 3.8) is 0 Å². The number of hydrogen-bond donors (Lipinski definition) is 0. The van der Waals surface area contributed by atoms with Crippen LogP contribution in [0.4, 0.5) is 0 Å². The van der Waals surface area contributed by atoms with Gasteiger partial charge in [-0.25, -0.2) is 4.68 Å². The number of benzene rings is 2. The molecule has 0 atom stereocenters. The topological polar surface area (TPSA) is 92.3 Å². The van der Waals surface area contributed by atoms with Crippen molar-refractivity contribution in [2.24, 2.45) is 0 Å². The number of ether oxygens (including phenoxy) is 2. The molecule has 0 bridgehead atoms. The molecule has 0 aliphatic heterocycles. The van der Waals surface area contributed by atoms with E-state index in [4.69, 9.17) is 14.0 Å².